The van der Waals surface area contributed by atoms with Crippen LogP contribution in [0.15, 0.2) is 41.4 Å². The number of hydrogen-bond acceptors (Lipinski definition) is 1. The summed E-state index contributed by atoms with van der Waals surface area (Å²) >= 11 is 0. The Morgan fingerprint density at radius 3 is 1.02 bits per heavy atom. The number of nitrogens with zero attached hydrogens (tertiary/aromatic N) is 1. The van der Waals surface area contributed by atoms with Gasteiger partial charge in [-0.3, -0.25) is 0 Å². The van der Waals surface area contributed by atoms with Crippen LogP contribution in [0.2, 0.25) is 118 Å². The van der Waals surface area contributed by atoms with Crippen molar-refractivity contribution in [3.63, 3.8) is 0 Å². The average Bonchev–Trinajstić information content (AvgIpc) is 2.96. The van der Waals surface area contributed by atoms with Crippen LogP contribution in [0.3, 0.4) is 0 Å². The average molecular weight is 971 g/mol. The maximum atomic E-state index is 5.96. The molecule has 0 radical (unpaired) electrons. The van der Waals surface area contributed by atoms with E-state index < -0.39 is 56.9 Å². The van der Waals surface area contributed by atoms with Gasteiger partial charge in [-0.15, -0.1) is 0 Å². The van der Waals surface area contributed by atoms with Gasteiger partial charge >= 0.3 is 0 Å². The van der Waals surface area contributed by atoms with Gasteiger partial charge in [-0.25, -0.2) is 4.99 Å². The smallest absolute Gasteiger partial charge is 0.162 e. The highest BCUT2D eigenvalue weighted by molar-refractivity contribution is 6.99. The lowest BCUT2D eigenvalue weighted by molar-refractivity contribution is 0.550. The number of rotatable bonds is 12. The normalized spacial score (nSPS) is 14.2. The standard InChI is InChI=1S/C55H99NSi7/c1-38-31-39(2)48(40(3)32-38)57(37-56-47-45(54(7,8)9)35-42(53(4,5)6)36-46(47)55(10,11)12)49-43(51(60(19,20)21)61(22,23)24)33-41(50(58(13,14)15)59(16,17)18)34-44(49)52(62(25,26)27)63(28,29)30/h31-36,50-52H,1-30H3. The summed E-state index contributed by atoms with van der Waals surface area (Å²) < 4.78 is 0. The largest absolute Gasteiger partial charge is 0.213 e. The predicted octanol–water partition coefficient (Wildman–Crippen LogP) is 16.4. The third-order valence-corrected chi connectivity index (χ3v) is 44.0. The van der Waals surface area contributed by atoms with Crippen LogP contribution in [0, 0.1) is 20.8 Å². The molecule has 0 unspecified atom stereocenters. The molecule has 0 bridgehead atoms. The molecule has 0 saturated carbocycles. The molecular weight excluding hydrogens is 871 g/mol. The third kappa shape index (κ3) is 13.3. The van der Waals surface area contributed by atoms with Crippen LogP contribution in [-0.2, 0) is 16.2 Å². The van der Waals surface area contributed by atoms with Crippen molar-refractivity contribution in [1.29, 1.82) is 0 Å². The van der Waals surface area contributed by atoms with Crippen molar-refractivity contribution in [2.24, 2.45) is 4.99 Å². The first-order valence-electron chi connectivity index (χ1n) is 24.5. The monoisotopic (exact) mass is 970 g/mol. The maximum Gasteiger partial charge on any atom is 0.162 e. The van der Waals surface area contributed by atoms with E-state index in [0.717, 1.165) is 5.69 Å². The molecule has 0 aromatic heterocycles. The Hall–Kier alpha value is -1.24. The molecule has 0 N–H and O–H groups in total. The molecule has 8 heteroatoms. The molecule has 0 spiro atoms. The third-order valence-electron chi connectivity index (χ3n) is 13.4. The van der Waals surface area contributed by atoms with Crippen LogP contribution < -0.4 is 10.4 Å². The van der Waals surface area contributed by atoms with Crippen molar-refractivity contribution >= 4 is 78.4 Å². The van der Waals surface area contributed by atoms with Crippen molar-refractivity contribution in [3.05, 3.63) is 86.5 Å². The molecule has 3 aromatic rings. The van der Waals surface area contributed by atoms with Crippen LogP contribution in [0.4, 0.5) is 5.69 Å². The van der Waals surface area contributed by atoms with Crippen LogP contribution in [-0.4, -0.2) is 62.3 Å². The highest BCUT2D eigenvalue weighted by atomic mass is 28.4. The predicted molar refractivity (Wildman–Crippen MR) is 310 cm³/mol. The lowest BCUT2D eigenvalue weighted by Crippen LogP contribution is -2.55. The van der Waals surface area contributed by atoms with E-state index in [1.807, 2.05) is 0 Å². The molecular formula is C55H99NSi7. The fourth-order valence-electron chi connectivity index (χ4n) is 12.6. The summed E-state index contributed by atoms with van der Waals surface area (Å²) in [6.45, 7) is 76.9. The van der Waals surface area contributed by atoms with Gasteiger partial charge in [-0.05, 0) is 113 Å². The minimum atomic E-state index is -1.79. The van der Waals surface area contributed by atoms with Crippen molar-refractivity contribution in [2.45, 2.75) is 233 Å². The van der Waals surface area contributed by atoms with Gasteiger partial charge in [0.25, 0.3) is 0 Å². The van der Waals surface area contributed by atoms with Crippen molar-refractivity contribution in [3.8, 4) is 0 Å². The van der Waals surface area contributed by atoms with Gasteiger partial charge in [0.1, 0.15) is 0 Å². The van der Waals surface area contributed by atoms with Crippen LogP contribution in [0.5, 0.6) is 0 Å². The SMILES string of the molecule is Cc1cc(C)c([Si](=C=Nc2c(C(C)(C)C)cc(C(C)(C)C)cc2C(C)(C)C)c2c(C([Si](C)(C)C)[Si](C)(C)C)cc(C([Si](C)(C)C)[Si](C)(C)C)cc2C([Si](C)(C)C)[Si](C)(C)C)c(C)c1. The molecule has 0 aliphatic rings. The number of benzene rings is 3. The van der Waals surface area contributed by atoms with Gasteiger partial charge < -0.3 is 0 Å². The van der Waals surface area contributed by atoms with E-state index in [-0.39, 0.29) is 16.2 Å². The minimum absolute atomic E-state index is 0.0255. The van der Waals surface area contributed by atoms with E-state index in [9.17, 15) is 0 Å². The first kappa shape index (κ1) is 56.1. The van der Waals surface area contributed by atoms with E-state index >= 15 is 0 Å². The molecule has 3 aromatic carbocycles. The van der Waals surface area contributed by atoms with Crippen LogP contribution in [0.25, 0.3) is 0 Å². The molecule has 3 rings (SSSR count). The van der Waals surface area contributed by atoms with Crippen LogP contribution in [0.1, 0.15) is 128 Å². The molecule has 352 valence electrons. The highest BCUT2D eigenvalue weighted by Crippen LogP contribution is 2.46. The molecule has 0 saturated heterocycles. The maximum absolute atomic E-state index is 5.96. The molecule has 1 nitrogen and oxygen atoms in total. The molecule has 0 atom stereocenters. The zero-order valence-corrected chi connectivity index (χ0v) is 54.1. The van der Waals surface area contributed by atoms with Gasteiger partial charge in [-0.2, -0.15) is 0 Å². The van der Waals surface area contributed by atoms with Crippen molar-refractivity contribution in [2.75, 3.05) is 0 Å². The molecule has 0 heterocycles. The summed E-state index contributed by atoms with van der Waals surface area (Å²) in [5.74, 6) is 0. The summed E-state index contributed by atoms with van der Waals surface area (Å²) in [4.78, 5) is 5.96. The zero-order chi connectivity index (χ0) is 49.4. The molecule has 0 amide bonds. The highest BCUT2D eigenvalue weighted by Gasteiger charge is 2.47. The van der Waals surface area contributed by atoms with E-state index in [1.54, 1.807) is 21.9 Å². The molecule has 0 aliphatic carbocycles. The fourth-order valence-corrected chi connectivity index (χ4v) is 54.0. The van der Waals surface area contributed by atoms with Gasteiger partial charge in [0.05, 0.1) is 5.69 Å². The summed E-state index contributed by atoms with van der Waals surface area (Å²) in [6, 6.07) is 15.7. The second-order valence-electron chi connectivity index (χ2n) is 29.6. The summed E-state index contributed by atoms with van der Waals surface area (Å²) in [7, 11) is -12.2. The Morgan fingerprint density at radius 2 is 0.746 bits per heavy atom. The Labute approximate surface area is 399 Å². The number of aliphatic imine (C=N–C) groups is 1. The lowest BCUT2D eigenvalue weighted by atomic mass is 9.74. The van der Waals surface area contributed by atoms with E-state index in [1.165, 1.54) is 38.6 Å². The van der Waals surface area contributed by atoms with Crippen molar-refractivity contribution < 1.29 is 0 Å². The van der Waals surface area contributed by atoms with E-state index in [2.05, 4.69) is 243 Å². The summed E-state index contributed by atoms with van der Waals surface area (Å²) in [6.07, 6.45) is 0. The first-order chi connectivity index (χ1) is 27.7. The topological polar surface area (TPSA) is 12.4 Å². The Balaban J connectivity index is 3.12. The van der Waals surface area contributed by atoms with Crippen molar-refractivity contribution in [1.82, 2.24) is 0 Å². The van der Waals surface area contributed by atoms with Gasteiger partial charge in [0.15, 0.2) is 8.41 Å². The molecule has 63 heavy (non-hydrogen) atoms. The van der Waals surface area contributed by atoms with Gasteiger partial charge in [0, 0.05) is 48.4 Å². The first-order valence-corrected chi connectivity index (χ1v) is 47.5. The molecule has 0 aliphatic heterocycles. The molecule has 0 fully saturated rings. The second-order valence-corrected chi connectivity index (χ2v) is 65.2. The zero-order valence-electron chi connectivity index (χ0n) is 47.1. The Kier molecular flexibility index (Phi) is 16.3. The van der Waals surface area contributed by atoms with Gasteiger partial charge in [0.2, 0.25) is 0 Å². The summed E-state index contributed by atoms with van der Waals surface area (Å²) in [5, 5.41) is 5.08. The minimum Gasteiger partial charge on any atom is -0.213 e. The quantitative estimate of drug-likeness (QED) is 0.127. The summed E-state index contributed by atoms with van der Waals surface area (Å²) in [5.41, 5.74) is 18.8. The fraction of sp³-hybridized carbons (Fsp3) is 0.655. The van der Waals surface area contributed by atoms with E-state index in [0.29, 0.717) is 15.5 Å². The van der Waals surface area contributed by atoms with E-state index in [4.69, 9.17) is 4.99 Å². The Morgan fingerprint density at radius 1 is 0.429 bits per heavy atom. The second kappa shape index (κ2) is 18.3. The number of hydrogen-bond donors (Lipinski definition) is 0. The lowest BCUT2D eigenvalue weighted by Gasteiger charge is -2.46. The Bertz CT molecular complexity index is 2060. The number of aryl methyl sites for hydroxylation is 3. The van der Waals surface area contributed by atoms with Crippen LogP contribution >= 0.6 is 0 Å². The van der Waals surface area contributed by atoms with Gasteiger partial charge in [-0.1, -0.05) is 222 Å².